The molecule has 3 aromatic rings. The molecule has 7 heteroatoms. The maximum Gasteiger partial charge on any atom is 0.260 e. The van der Waals surface area contributed by atoms with Gasteiger partial charge in [-0.25, -0.2) is 9.37 Å². The van der Waals surface area contributed by atoms with Gasteiger partial charge in [-0.2, -0.15) is 0 Å². The van der Waals surface area contributed by atoms with Crippen molar-refractivity contribution in [3.8, 4) is 0 Å². The third kappa shape index (κ3) is 5.17. The van der Waals surface area contributed by atoms with E-state index >= 15 is 0 Å². The molecule has 1 aromatic heterocycles. The minimum atomic E-state index is -0.583. The van der Waals surface area contributed by atoms with Gasteiger partial charge in [-0.05, 0) is 30.5 Å². The smallest absolute Gasteiger partial charge is 0.260 e. The van der Waals surface area contributed by atoms with Gasteiger partial charge in [0.15, 0.2) is 5.13 Å². The molecule has 2 amide bonds. The highest BCUT2D eigenvalue weighted by Gasteiger charge is 2.27. The molecule has 1 unspecified atom stereocenters. The molecule has 1 aliphatic rings. The zero-order valence-corrected chi connectivity index (χ0v) is 17.9. The maximum absolute atomic E-state index is 13.8. The Morgan fingerprint density at radius 3 is 2.65 bits per heavy atom. The fourth-order valence-electron chi connectivity index (χ4n) is 3.94. The Morgan fingerprint density at radius 1 is 1.06 bits per heavy atom. The number of likely N-dealkylation sites (tertiary alicyclic amines) is 1. The molecule has 0 spiro atoms. The molecule has 1 aliphatic heterocycles. The molecule has 31 heavy (non-hydrogen) atoms. The number of amides is 2. The number of halogens is 1. The highest BCUT2D eigenvalue weighted by Crippen LogP contribution is 2.31. The molecule has 0 radical (unpaired) electrons. The molecule has 0 saturated carbocycles. The lowest BCUT2D eigenvalue weighted by Crippen LogP contribution is -2.36. The summed E-state index contributed by atoms with van der Waals surface area (Å²) in [7, 11) is 0. The van der Waals surface area contributed by atoms with Gasteiger partial charge in [0.05, 0.1) is 23.7 Å². The molecule has 0 bridgehead atoms. The van der Waals surface area contributed by atoms with Crippen LogP contribution in [0.15, 0.2) is 60.0 Å². The first kappa shape index (κ1) is 21.2. The van der Waals surface area contributed by atoms with Crippen molar-refractivity contribution in [1.29, 1.82) is 0 Å². The van der Waals surface area contributed by atoms with Crippen LogP contribution in [0.3, 0.4) is 0 Å². The Labute approximate surface area is 184 Å². The van der Waals surface area contributed by atoms with Crippen molar-refractivity contribution in [1.82, 2.24) is 9.88 Å². The van der Waals surface area contributed by atoms with Crippen LogP contribution in [0, 0.1) is 5.82 Å². The molecule has 2 aromatic carbocycles. The zero-order chi connectivity index (χ0) is 21.6. The first-order chi connectivity index (χ1) is 15.1. The summed E-state index contributed by atoms with van der Waals surface area (Å²) >= 11 is 1.23. The first-order valence-corrected chi connectivity index (χ1v) is 11.3. The normalized spacial score (nSPS) is 16.5. The van der Waals surface area contributed by atoms with E-state index in [0.717, 1.165) is 37.8 Å². The summed E-state index contributed by atoms with van der Waals surface area (Å²) in [4.78, 5) is 31.8. The summed E-state index contributed by atoms with van der Waals surface area (Å²) in [5, 5.41) is 4.74. The van der Waals surface area contributed by atoms with E-state index in [2.05, 4.69) is 22.4 Å². The second-order valence-electron chi connectivity index (χ2n) is 7.62. The predicted molar refractivity (Wildman–Crippen MR) is 120 cm³/mol. The lowest BCUT2D eigenvalue weighted by Gasteiger charge is -2.30. The Balaban J connectivity index is 1.44. The number of hydrogen-bond donors (Lipinski definition) is 1. The van der Waals surface area contributed by atoms with Gasteiger partial charge < -0.3 is 4.90 Å². The van der Waals surface area contributed by atoms with E-state index in [0.29, 0.717) is 10.8 Å². The fraction of sp³-hybridized carbons (Fsp3) is 0.292. The number of hydrogen-bond acceptors (Lipinski definition) is 4. The Bertz CT molecular complexity index is 1050. The first-order valence-electron chi connectivity index (χ1n) is 10.5. The molecule has 2 heterocycles. The minimum Gasteiger partial charge on any atom is -0.335 e. The predicted octanol–water partition coefficient (Wildman–Crippen LogP) is 5.22. The second-order valence-corrected chi connectivity index (χ2v) is 8.48. The summed E-state index contributed by atoms with van der Waals surface area (Å²) in [6.45, 7) is 0.736. The summed E-state index contributed by atoms with van der Waals surface area (Å²) in [5.74, 6) is -1.10. The lowest BCUT2D eigenvalue weighted by molar-refractivity contribution is -0.133. The van der Waals surface area contributed by atoms with Crippen molar-refractivity contribution in [3.05, 3.63) is 82.6 Å². The minimum absolute atomic E-state index is 0.0352. The lowest BCUT2D eigenvalue weighted by atomic mass is 10.0. The van der Waals surface area contributed by atoms with Gasteiger partial charge in [-0.1, -0.05) is 55.3 Å². The van der Waals surface area contributed by atoms with Crippen LogP contribution in [0.25, 0.3) is 0 Å². The van der Waals surface area contributed by atoms with Gasteiger partial charge in [0, 0.05) is 11.9 Å². The number of benzene rings is 2. The molecule has 0 aliphatic carbocycles. The average Bonchev–Trinajstić information content (AvgIpc) is 3.06. The van der Waals surface area contributed by atoms with Crippen LogP contribution in [-0.4, -0.2) is 28.2 Å². The monoisotopic (exact) mass is 437 g/mol. The number of thiazole rings is 1. The highest BCUT2D eigenvalue weighted by molar-refractivity contribution is 7.14. The van der Waals surface area contributed by atoms with Crippen LogP contribution in [0.4, 0.5) is 9.52 Å². The van der Waals surface area contributed by atoms with Crippen LogP contribution in [0.5, 0.6) is 0 Å². The summed E-state index contributed by atoms with van der Waals surface area (Å²) in [5.41, 5.74) is 1.73. The third-order valence-electron chi connectivity index (χ3n) is 5.48. The summed E-state index contributed by atoms with van der Waals surface area (Å²) in [6.07, 6.45) is 4.35. The van der Waals surface area contributed by atoms with Crippen molar-refractivity contribution in [3.63, 3.8) is 0 Å². The van der Waals surface area contributed by atoms with Crippen molar-refractivity contribution in [2.45, 2.75) is 38.1 Å². The van der Waals surface area contributed by atoms with Crippen LogP contribution in [-0.2, 0) is 11.2 Å². The van der Waals surface area contributed by atoms with Gasteiger partial charge in [0.1, 0.15) is 5.82 Å². The van der Waals surface area contributed by atoms with Crippen LogP contribution >= 0.6 is 11.3 Å². The van der Waals surface area contributed by atoms with Crippen LogP contribution in [0.1, 0.15) is 53.3 Å². The van der Waals surface area contributed by atoms with Gasteiger partial charge >= 0.3 is 0 Å². The quantitative estimate of drug-likeness (QED) is 0.595. The number of nitrogens with one attached hydrogen (secondary N) is 1. The molecule has 160 valence electrons. The summed E-state index contributed by atoms with van der Waals surface area (Å²) in [6, 6.07) is 16.0. The van der Waals surface area contributed by atoms with E-state index in [1.54, 1.807) is 11.4 Å². The second kappa shape index (κ2) is 9.83. The highest BCUT2D eigenvalue weighted by atomic mass is 32.1. The topological polar surface area (TPSA) is 62.3 Å². The molecule has 4 rings (SSSR count). The van der Waals surface area contributed by atoms with E-state index in [9.17, 15) is 14.0 Å². The Kier molecular flexibility index (Phi) is 6.72. The number of rotatable bonds is 5. The van der Waals surface area contributed by atoms with Gasteiger partial charge in [-0.15, -0.1) is 11.3 Å². The molecule has 1 fully saturated rings. The largest absolute Gasteiger partial charge is 0.335 e. The zero-order valence-electron chi connectivity index (χ0n) is 17.1. The number of carbonyl (C=O) groups excluding carboxylic acids is 2. The number of nitrogens with zero attached hydrogens (tertiary/aromatic N) is 2. The SMILES string of the molecule is O=C(Nc1nc(CC(=O)N2CCCCCC2c2ccccc2)cs1)c1ccccc1F. The molecular formula is C24H24FN3O2S. The molecule has 1 atom stereocenters. The average molecular weight is 438 g/mol. The Morgan fingerprint density at radius 2 is 1.84 bits per heavy atom. The number of anilines is 1. The van der Waals surface area contributed by atoms with Gasteiger partial charge in [0.2, 0.25) is 5.91 Å². The van der Waals surface area contributed by atoms with E-state index in [-0.39, 0.29) is 23.9 Å². The van der Waals surface area contributed by atoms with Crippen LogP contribution < -0.4 is 5.32 Å². The van der Waals surface area contributed by atoms with E-state index in [1.165, 1.54) is 29.5 Å². The van der Waals surface area contributed by atoms with Crippen molar-refractivity contribution >= 4 is 28.3 Å². The molecule has 5 nitrogen and oxygen atoms in total. The van der Waals surface area contributed by atoms with E-state index in [4.69, 9.17) is 0 Å². The Hall–Kier alpha value is -3.06. The van der Waals surface area contributed by atoms with Gasteiger partial charge in [-0.3, -0.25) is 14.9 Å². The number of aromatic nitrogens is 1. The summed E-state index contributed by atoms with van der Waals surface area (Å²) < 4.78 is 13.8. The van der Waals surface area contributed by atoms with E-state index in [1.807, 2.05) is 23.1 Å². The standard InChI is InChI=1S/C24H24FN3O2S/c25-20-12-7-6-11-19(20)23(30)27-24-26-18(16-31-24)15-22(29)28-14-8-2-5-13-21(28)17-9-3-1-4-10-17/h1,3-4,6-7,9-12,16,21H,2,5,8,13-15H2,(H,26,27,30). The third-order valence-corrected chi connectivity index (χ3v) is 6.29. The van der Waals surface area contributed by atoms with Crippen LogP contribution in [0.2, 0.25) is 0 Å². The molecule has 1 saturated heterocycles. The van der Waals surface area contributed by atoms with Crippen molar-refractivity contribution in [2.24, 2.45) is 0 Å². The molecular weight excluding hydrogens is 413 g/mol. The van der Waals surface area contributed by atoms with Gasteiger partial charge in [0.25, 0.3) is 5.91 Å². The van der Waals surface area contributed by atoms with Crippen molar-refractivity contribution in [2.75, 3.05) is 11.9 Å². The van der Waals surface area contributed by atoms with Crippen molar-refractivity contribution < 1.29 is 14.0 Å². The van der Waals surface area contributed by atoms with E-state index < -0.39 is 11.7 Å². The molecule has 1 N–H and O–H groups in total. The fourth-order valence-corrected chi connectivity index (χ4v) is 4.65. The number of carbonyl (C=O) groups is 2. The maximum atomic E-state index is 13.8.